The molecule has 2 aliphatic rings. The summed E-state index contributed by atoms with van der Waals surface area (Å²) >= 11 is 0. The molecule has 0 spiro atoms. The summed E-state index contributed by atoms with van der Waals surface area (Å²) in [5, 5.41) is 0. The van der Waals surface area contributed by atoms with Crippen molar-refractivity contribution < 1.29 is 57.1 Å². The molecular formula is C30H42O12. The van der Waals surface area contributed by atoms with E-state index in [0.29, 0.717) is 12.8 Å². The Bertz CT molecular complexity index is 886. The highest BCUT2D eigenvalue weighted by molar-refractivity contribution is 5.82. The molecule has 2 fully saturated rings. The fourth-order valence-corrected chi connectivity index (χ4v) is 5.59. The standard InChI is InChI=1S/C30H42O12/c1-7-25(31)37-15-35-23-13-21(11-19(5)29(23)41-17-39-27(33)9-3)22-12-20(6)30(42-18-40-28(34)10-4)24(14-22)36-16-38-26(32)8-2/h7-10,19-24,29-30H,1-4,11-18H2,5-6H3. The zero-order valence-corrected chi connectivity index (χ0v) is 24.3. The van der Waals surface area contributed by atoms with Crippen LogP contribution in [0, 0.1) is 23.7 Å². The number of esters is 4. The minimum Gasteiger partial charge on any atom is -0.435 e. The van der Waals surface area contributed by atoms with Crippen LogP contribution in [-0.2, 0) is 57.1 Å². The summed E-state index contributed by atoms with van der Waals surface area (Å²) in [5.74, 6) is -2.11. The molecule has 0 bridgehead atoms. The highest BCUT2D eigenvalue weighted by atomic mass is 16.7. The average Bonchev–Trinajstić information content (AvgIpc) is 2.98. The van der Waals surface area contributed by atoms with E-state index in [0.717, 1.165) is 37.1 Å². The second-order valence-electron chi connectivity index (χ2n) is 10.2. The molecule has 2 rings (SSSR count). The molecule has 0 aromatic carbocycles. The van der Waals surface area contributed by atoms with Gasteiger partial charge in [0.2, 0.25) is 0 Å². The van der Waals surface area contributed by atoms with Crippen molar-refractivity contribution in [3.8, 4) is 0 Å². The van der Waals surface area contributed by atoms with Gasteiger partial charge in [-0.05, 0) is 49.4 Å². The van der Waals surface area contributed by atoms with Crippen molar-refractivity contribution in [1.29, 1.82) is 0 Å². The molecule has 8 atom stereocenters. The van der Waals surface area contributed by atoms with E-state index >= 15 is 0 Å². The normalized spacial score (nSPS) is 28.9. The van der Waals surface area contributed by atoms with Crippen LogP contribution in [-0.4, -0.2) is 75.5 Å². The van der Waals surface area contributed by atoms with Gasteiger partial charge in [0.1, 0.15) is 0 Å². The second-order valence-corrected chi connectivity index (χ2v) is 10.2. The van der Waals surface area contributed by atoms with E-state index in [2.05, 4.69) is 26.3 Å². The lowest BCUT2D eigenvalue weighted by Crippen LogP contribution is -2.49. The molecule has 0 aromatic heterocycles. The van der Waals surface area contributed by atoms with Crippen molar-refractivity contribution in [2.75, 3.05) is 27.2 Å². The summed E-state index contributed by atoms with van der Waals surface area (Å²) in [4.78, 5) is 46.1. The number of carbonyl (C=O) groups is 4. The van der Waals surface area contributed by atoms with Crippen molar-refractivity contribution in [1.82, 2.24) is 0 Å². The van der Waals surface area contributed by atoms with Gasteiger partial charge in [0.05, 0.1) is 24.4 Å². The summed E-state index contributed by atoms with van der Waals surface area (Å²) in [6.07, 6.45) is 5.13. The van der Waals surface area contributed by atoms with Crippen LogP contribution in [0.25, 0.3) is 0 Å². The first-order valence-corrected chi connectivity index (χ1v) is 13.8. The Labute approximate surface area is 246 Å². The van der Waals surface area contributed by atoms with Crippen LogP contribution in [0.2, 0.25) is 0 Å². The molecule has 0 N–H and O–H groups in total. The third-order valence-electron chi connectivity index (χ3n) is 7.50. The van der Waals surface area contributed by atoms with E-state index in [1.54, 1.807) is 0 Å². The highest BCUT2D eigenvalue weighted by Crippen LogP contribution is 2.45. The van der Waals surface area contributed by atoms with E-state index in [4.69, 9.17) is 37.9 Å². The van der Waals surface area contributed by atoms with Crippen LogP contribution in [0.15, 0.2) is 50.6 Å². The van der Waals surface area contributed by atoms with Gasteiger partial charge in [-0.25, -0.2) is 19.2 Å². The SMILES string of the molecule is C=CC(=O)OCOC1CC(C2CC(C)C(OCOC(=O)C=C)C(OCOC(=O)C=C)C2)CC(C)C1OCOC(=O)C=C. The van der Waals surface area contributed by atoms with Crippen LogP contribution in [0.3, 0.4) is 0 Å². The predicted octanol–water partition coefficient (Wildman–Crippen LogP) is 3.37. The Balaban J connectivity index is 2.14. The van der Waals surface area contributed by atoms with Gasteiger partial charge in [-0.2, -0.15) is 0 Å². The Morgan fingerprint density at radius 2 is 0.810 bits per heavy atom. The molecule has 0 aromatic rings. The summed E-state index contributed by atoms with van der Waals surface area (Å²) in [5.41, 5.74) is 0. The monoisotopic (exact) mass is 594 g/mol. The van der Waals surface area contributed by atoms with Gasteiger partial charge >= 0.3 is 23.9 Å². The lowest BCUT2D eigenvalue weighted by Gasteiger charge is -2.47. The Kier molecular flexibility index (Phi) is 15.2. The zero-order chi connectivity index (χ0) is 31.1. The summed E-state index contributed by atoms with van der Waals surface area (Å²) < 4.78 is 43.8. The van der Waals surface area contributed by atoms with E-state index in [1.165, 1.54) is 0 Å². The average molecular weight is 595 g/mol. The molecule has 42 heavy (non-hydrogen) atoms. The van der Waals surface area contributed by atoms with Gasteiger partial charge in [0, 0.05) is 24.3 Å². The summed E-state index contributed by atoms with van der Waals surface area (Å²) in [6.45, 7) is 16.4. The van der Waals surface area contributed by atoms with Gasteiger partial charge in [-0.3, -0.25) is 0 Å². The molecule has 0 saturated heterocycles. The summed E-state index contributed by atoms with van der Waals surface area (Å²) in [7, 11) is 0. The number of carbonyl (C=O) groups excluding carboxylic acids is 4. The smallest absolute Gasteiger partial charge is 0.332 e. The molecular weight excluding hydrogens is 552 g/mol. The predicted molar refractivity (Wildman–Crippen MR) is 148 cm³/mol. The topological polar surface area (TPSA) is 142 Å². The van der Waals surface area contributed by atoms with Crippen LogP contribution >= 0.6 is 0 Å². The van der Waals surface area contributed by atoms with Gasteiger partial charge in [-0.15, -0.1) is 0 Å². The molecule has 0 aliphatic heterocycles. The Morgan fingerprint density at radius 1 is 0.524 bits per heavy atom. The maximum atomic E-state index is 11.6. The minimum atomic E-state index is -0.615. The van der Waals surface area contributed by atoms with Crippen molar-refractivity contribution in [2.45, 2.75) is 63.9 Å². The number of hydrogen-bond acceptors (Lipinski definition) is 12. The fourth-order valence-electron chi connectivity index (χ4n) is 5.59. The third kappa shape index (κ3) is 11.2. The van der Waals surface area contributed by atoms with Gasteiger partial charge in [0.25, 0.3) is 0 Å². The third-order valence-corrected chi connectivity index (χ3v) is 7.50. The number of rotatable bonds is 17. The maximum absolute atomic E-state index is 11.6. The van der Waals surface area contributed by atoms with Crippen molar-refractivity contribution in [3.63, 3.8) is 0 Å². The van der Waals surface area contributed by atoms with Crippen LogP contribution in [0.5, 0.6) is 0 Å². The fraction of sp³-hybridized carbons (Fsp3) is 0.600. The van der Waals surface area contributed by atoms with E-state index in [1.807, 2.05) is 13.8 Å². The van der Waals surface area contributed by atoms with Crippen LogP contribution in [0.1, 0.15) is 39.5 Å². The second kappa shape index (κ2) is 18.3. The van der Waals surface area contributed by atoms with E-state index < -0.39 is 48.3 Å². The minimum absolute atomic E-state index is 0.00167. The number of ether oxygens (including phenoxy) is 8. The maximum Gasteiger partial charge on any atom is 0.332 e. The van der Waals surface area contributed by atoms with Crippen molar-refractivity contribution in [2.24, 2.45) is 23.7 Å². The van der Waals surface area contributed by atoms with Gasteiger partial charge in [0.15, 0.2) is 27.2 Å². The highest BCUT2D eigenvalue weighted by Gasteiger charge is 2.45. The van der Waals surface area contributed by atoms with E-state index in [9.17, 15) is 19.2 Å². The molecule has 0 heterocycles. The first-order valence-electron chi connectivity index (χ1n) is 13.8. The molecule has 0 radical (unpaired) electrons. The zero-order valence-electron chi connectivity index (χ0n) is 24.3. The molecule has 12 heteroatoms. The molecule has 2 aliphatic carbocycles. The lowest BCUT2D eigenvalue weighted by molar-refractivity contribution is -0.212. The molecule has 0 amide bonds. The number of hydrogen-bond donors (Lipinski definition) is 0. The molecule has 12 nitrogen and oxygen atoms in total. The molecule has 234 valence electrons. The Morgan fingerprint density at radius 3 is 1.10 bits per heavy atom. The largest absolute Gasteiger partial charge is 0.435 e. The van der Waals surface area contributed by atoms with Gasteiger partial charge in [-0.1, -0.05) is 40.2 Å². The first kappa shape index (κ1) is 34.9. The quantitative estimate of drug-likeness (QED) is 0.105. The summed E-state index contributed by atoms with van der Waals surface area (Å²) in [6, 6.07) is 0. The lowest BCUT2D eigenvalue weighted by atomic mass is 9.66. The molecule has 2 saturated carbocycles. The van der Waals surface area contributed by atoms with Crippen LogP contribution < -0.4 is 0 Å². The van der Waals surface area contributed by atoms with Crippen molar-refractivity contribution >= 4 is 23.9 Å². The first-order chi connectivity index (χ1) is 20.1. The van der Waals surface area contributed by atoms with E-state index in [-0.39, 0.29) is 50.8 Å². The van der Waals surface area contributed by atoms with Crippen molar-refractivity contribution in [3.05, 3.63) is 50.6 Å². The van der Waals surface area contributed by atoms with Gasteiger partial charge < -0.3 is 37.9 Å². The molecule has 8 unspecified atom stereocenters. The van der Waals surface area contributed by atoms with Crippen LogP contribution in [0.4, 0.5) is 0 Å². The Hall–Kier alpha value is -3.32.